The molecule has 4 aromatic rings. The molecule has 16 nitrogen and oxygen atoms in total. The van der Waals surface area contributed by atoms with Crippen LogP contribution in [0.4, 0.5) is 5.69 Å². The van der Waals surface area contributed by atoms with E-state index in [0.29, 0.717) is 12.6 Å². The number of nitrogens with zero attached hydrogens (tertiary/aromatic N) is 2. The fraction of sp³-hybridized carbons (Fsp3) is 0.537. The number of anilines is 1. The molecule has 0 unspecified atom stereocenters. The minimum absolute atomic E-state index is 0.0355. The Morgan fingerprint density at radius 3 is 2.30 bits per heavy atom. The predicted molar refractivity (Wildman–Crippen MR) is 270 cm³/mol. The van der Waals surface area contributed by atoms with Crippen molar-refractivity contribution in [2.75, 3.05) is 39.7 Å². The fourth-order valence-corrected chi connectivity index (χ4v) is 9.41. The van der Waals surface area contributed by atoms with E-state index in [1.807, 2.05) is 34.6 Å². The molecule has 3 aromatic carbocycles. The van der Waals surface area contributed by atoms with E-state index in [1.165, 1.54) is 46.3 Å². The van der Waals surface area contributed by atoms with Crippen molar-refractivity contribution in [3.05, 3.63) is 79.5 Å². The van der Waals surface area contributed by atoms with Gasteiger partial charge in [-0.2, -0.15) is 0 Å². The molecule has 0 saturated heterocycles. The van der Waals surface area contributed by atoms with Gasteiger partial charge in [0.05, 0.1) is 62.4 Å². The lowest BCUT2D eigenvalue weighted by atomic mass is 9.73. The van der Waals surface area contributed by atoms with Gasteiger partial charge < -0.3 is 53.2 Å². The van der Waals surface area contributed by atoms with E-state index in [4.69, 9.17) is 33.1 Å². The van der Waals surface area contributed by atoms with E-state index in [1.54, 1.807) is 31.2 Å². The van der Waals surface area contributed by atoms with Crippen LogP contribution in [0.15, 0.2) is 62.3 Å². The summed E-state index contributed by atoms with van der Waals surface area (Å²) in [4.78, 5) is 60.1. The van der Waals surface area contributed by atoms with Crippen LogP contribution in [0.5, 0.6) is 17.2 Å². The number of amides is 1. The highest BCUT2D eigenvalue weighted by atomic mass is 16.7. The molecule has 0 saturated carbocycles. The average molecular weight is 971 g/mol. The zero-order chi connectivity index (χ0) is 51.7. The number of aromatic hydroxyl groups is 1. The van der Waals surface area contributed by atoms with Crippen molar-refractivity contribution in [3.63, 3.8) is 0 Å². The van der Waals surface area contributed by atoms with Crippen LogP contribution in [0.1, 0.15) is 94.1 Å². The summed E-state index contributed by atoms with van der Waals surface area (Å²) in [7, 11) is 5.92. The van der Waals surface area contributed by atoms with Gasteiger partial charge in [-0.05, 0) is 70.8 Å². The second kappa shape index (κ2) is 21.2. The molecule has 6 rings (SSSR count). The van der Waals surface area contributed by atoms with E-state index in [9.17, 15) is 34.5 Å². The Balaban J connectivity index is 1.54. The number of phenols is 1. The Labute approximate surface area is 409 Å². The summed E-state index contributed by atoms with van der Waals surface area (Å²) >= 11 is 0. The summed E-state index contributed by atoms with van der Waals surface area (Å²) in [5, 5.41) is 37.9. The van der Waals surface area contributed by atoms with Gasteiger partial charge in [0.25, 0.3) is 5.91 Å². The van der Waals surface area contributed by atoms with Crippen LogP contribution in [0.25, 0.3) is 38.7 Å². The molecule has 0 spiro atoms. The number of rotatable bonds is 10. The molecule has 16 heteroatoms. The van der Waals surface area contributed by atoms with Crippen LogP contribution in [0.3, 0.4) is 0 Å². The number of hydrogen-bond acceptors (Lipinski definition) is 14. The highest BCUT2D eigenvalue weighted by molar-refractivity contribution is 6.16. The number of ether oxygens (including phenoxy) is 5. The highest BCUT2D eigenvalue weighted by Gasteiger charge is 2.44. The number of aliphatic hydroxyl groups excluding tert-OH is 2. The molecule has 70 heavy (non-hydrogen) atoms. The van der Waals surface area contributed by atoms with Crippen molar-refractivity contribution < 1.29 is 57.5 Å². The van der Waals surface area contributed by atoms with Crippen molar-refractivity contribution in [1.29, 1.82) is 0 Å². The number of hydrogen-bond donors (Lipinski definition) is 4. The third kappa shape index (κ3) is 10.5. The van der Waals surface area contributed by atoms with E-state index in [0.717, 1.165) is 30.3 Å². The van der Waals surface area contributed by atoms with Crippen LogP contribution in [0, 0.1) is 36.5 Å². The maximum atomic E-state index is 14.9. The third-order valence-electron chi connectivity index (χ3n) is 15.0. The number of allylic oxidation sites excluding steroid dienone is 2. The molecule has 3 heterocycles. The summed E-state index contributed by atoms with van der Waals surface area (Å²) in [5.41, 5.74) is -2.14. The van der Waals surface area contributed by atoms with Crippen LogP contribution in [-0.4, -0.2) is 101 Å². The second-order valence-corrected chi connectivity index (χ2v) is 20.4. The minimum atomic E-state index is -1.95. The van der Waals surface area contributed by atoms with Crippen molar-refractivity contribution in [3.8, 4) is 17.2 Å². The standard InChI is InChI=1S/C54H71N3O13/c1-27(2)57(12,13)22-16-15-17-23-66-36-25-37(59)43-39(26-36)69-51-44(55-43)40-41-47(61)34(9)50-42(40)52(63)54(11,70-50)67-24-21-38(65-14)33(8)49(68-35(10)58)32(7)30(5)31(6)46(60)28(3)19-18-20-29(4)53(64)56-45(51)48(41)62/h18-21,24-28,30-33,38,46,49,60H,15-17,22-23H2,1-14H3,(H2-,55,56,59,61,62,63,64)/p+1/b19-18+,24-21+,29-20-/t28-,30+,31-,32+,33+,38-,46-,49-,54-/m0/s1. The van der Waals surface area contributed by atoms with Crippen LogP contribution in [0.2, 0.25) is 0 Å². The van der Waals surface area contributed by atoms with Gasteiger partial charge in [0.1, 0.15) is 34.6 Å². The van der Waals surface area contributed by atoms with Gasteiger partial charge in [-0.1, -0.05) is 52.8 Å². The number of benzene rings is 3. The Morgan fingerprint density at radius 1 is 0.943 bits per heavy atom. The number of phenolic OH excluding ortho intramolecular Hbond substituents is 1. The summed E-state index contributed by atoms with van der Waals surface area (Å²) in [5.74, 6) is -5.48. The first kappa shape index (κ1) is 53.4. The Kier molecular flexibility index (Phi) is 16.1. The lowest BCUT2D eigenvalue weighted by Gasteiger charge is -2.39. The van der Waals surface area contributed by atoms with E-state index in [2.05, 4.69) is 33.3 Å². The van der Waals surface area contributed by atoms with E-state index < -0.39 is 64.3 Å². The zero-order valence-electron chi connectivity index (χ0n) is 43.1. The summed E-state index contributed by atoms with van der Waals surface area (Å²) in [6, 6.07) is 3.29. The van der Waals surface area contributed by atoms with Gasteiger partial charge >= 0.3 is 11.8 Å². The lowest BCUT2D eigenvalue weighted by molar-refractivity contribution is -0.911. The Hall–Kier alpha value is -5.97. The summed E-state index contributed by atoms with van der Waals surface area (Å²) in [6.07, 6.45) is 8.33. The molecule has 9 atom stereocenters. The van der Waals surface area contributed by atoms with Crippen LogP contribution < -0.4 is 30.9 Å². The van der Waals surface area contributed by atoms with Crippen LogP contribution in [-0.2, 0) is 23.8 Å². The largest absolute Gasteiger partial charge is 0.507 e. The number of methoxy groups -OCH3 is 1. The SMILES string of the molecule is CO[C@H]1/C=C/O[C@@]2(C)Oc3c(C)c(O)c4c(=O)c(c5oc6cc(OCCCCC[N+](C)(C)C(C)C)cc(=O)c6nc5c4c3=C2O)NC(=O)/C(C)=C\C=C\[C@H](C)[C@H](O)[C@@H](C)[C@@H](C)[C@@H](C)[C@H](OC(C)=O)[C@@H]1C. The van der Waals surface area contributed by atoms with Crippen molar-refractivity contribution >= 4 is 56.3 Å². The number of fused-ring (bicyclic) bond motifs is 2. The predicted octanol–water partition coefficient (Wildman–Crippen LogP) is 7.87. The first-order valence-electron chi connectivity index (χ1n) is 24.3. The van der Waals surface area contributed by atoms with Crippen molar-refractivity contribution in [1.82, 2.24) is 4.98 Å². The maximum Gasteiger partial charge on any atom is 0.307 e. The number of aromatic nitrogens is 1. The molecule has 0 radical (unpaired) electrons. The van der Waals surface area contributed by atoms with Crippen molar-refractivity contribution in [2.24, 2.45) is 29.6 Å². The molecule has 0 fully saturated rings. The van der Waals surface area contributed by atoms with Gasteiger partial charge in [0.15, 0.2) is 22.4 Å². The van der Waals surface area contributed by atoms with Crippen LogP contribution >= 0.6 is 0 Å². The number of esters is 1. The number of carbonyl (C=O) groups is 2. The first-order chi connectivity index (χ1) is 32.8. The quantitative estimate of drug-likeness (QED) is 0.0392. The molecule has 0 aliphatic carbocycles. The number of quaternary nitrogens is 1. The molecule has 380 valence electrons. The summed E-state index contributed by atoms with van der Waals surface area (Å²) < 4.78 is 37.7. The summed E-state index contributed by atoms with van der Waals surface area (Å²) in [6.45, 7) is 21.2. The molecular weight excluding hydrogens is 899 g/mol. The minimum Gasteiger partial charge on any atom is -0.507 e. The normalized spacial score (nSPS) is 27.6. The third-order valence-corrected chi connectivity index (χ3v) is 15.0. The molecule has 4 N–H and O–H groups in total. The van der Waals surface area contributed by atoms with Gasteiger partial charge in [-0.15, -0.1) is 0 Å². The molecule has 4 bridgehead atoms. The maximum absolute atomic E-state index is 14.9. The van der Waals surface area contributed by atoms with Gasteiger partial charge in [0.2, 0.25) is 10.9 Å². The zero-order valence-corrected chi connectivity index (χ0v) is 43.1. The van der Waals surface area contributed by atoms with Gasteiger partial charge in [-0.3, -0.25) is 19.2 Å². The van der Waals surface area contributed by atoms with E-state index >= 15 is 0 Å². The fourth-order valence-electron chi connectivity index (χ4n) is 9.41. The first-order valence-corrected chi connectivity index (χ1v) is 24.3. The van der Waals surface area contributed by atoms with Gasteiger partial charge in [0, 0.05) is 61.4 Å². The lowest BCUT2D eigenvalue weighted by Crippen LogP contribution is -2.46. The molecule has 1 amide bonds. The molecular formula is C54H72N3O13+. The Bertz CT molecular complexity index is 2920. The number of nitrogens with one attached hydrogen (secondary N) is 1. The van der Waals surface area contributed by atoms with E-state index in [-0.39, 0.29) is 90.2 Å². The number of unbranched alkanes of at least 4 members (excludes halogenated alkanes) is 2. The van der Waals surface area contributed by atoms with Gasteiger partial charge in [-0.25, -0.2) is 4.98 Å². The number of aliphatic hydroxyl groups is 2. The Morgan fingerprint density at radius 2 is 1.64 bits per heavy atom. The number of carbonyl (C=O) groups excluding carboxylic acids is 2. The second-order valence-electron chi connectivity index (χ2n) is 20.4. The topological polar surface area (TPSA) is 213 Å². The molecule has 2 aliphatic rings. The molecule has 2 aliphatic heterocycles. The average Bonchev–Trinajstić information content (AvgIpc) is 3.57. The highest BCUT2D eigenvalue weighted by Crippen LogP contribution is 2.42. The monoisotopic (exact) mass is 971 g/mol. The van der Waals surface area contributed by atoms with Crippen molar-refractivity contribution in [2.45, 2.75) is 126 Å². The smallest absolute Gasteiger partial charge is 0.307 e. The molecule has 1 aromatic heterocycles.